The minimum Gasteiger partial charge on any atom is -0.414 e. The van der Waals surface area contributed by atoms with Gasteiger partial charge < -0.3 is 39.5 Å². The Morgan fingerprint density at radius 3 is 1.83 bits per heavy atom. The molecular formula is C22H43N5O7Si2. The van der Waals surface area contributed by atoms with Crippen LogP contribution in [0.3, 0.4) is 0 Å². The van der Waals surface area contributed by atoms with Crippen LogP contribution in [-0.2, 0) is 8.85 Å². The van der Waals surface area contributed by atoms with Crippen LogP contribution in [0.1, 0.15) is 61.6 Å². The molecule has 2 aromatic rings. The lowest BCUT2D eigenvalue weighted by Crippen LogP contribution is -2.58. The zero-order valence-corrected chi connectivity index (χ0v) is 24.4. The van der Waals surface area contributed by atoms with Gasteiger partial charge in [-0.1, -0.05) is 55.4 Å². The third kappa shape index (κ3) is 5.97. The van der Waals surface area contributed by atoms with Gasteiger partial charge in [0.1, 0.15) is 30.2 Å². The van der Waals surface area contributed by atoms with E-state index in [0.29, 0.717) is 11.2 Å². The fourth-order valence-corrected chi connectivity index (χ4v) is 12.8. The van der Waals surface area contributed by atoms with Crippen LogP contribution < -0.4 is 5.73 Å². The van der Waals surface area contributed by atoms with Gasteiger partial charge in [0.2, 0.25) is 0 Å². The number of ether oxygens (including phenoxy) is 1. The third-order valence-corrected chi connectivity index (χ3v) is 16.0. The molecular weight excluding hydrogens is 502 g/mol. The van der Waals surface area contributed by atoms with Crippen molar-refractivity contribution < 1.29 is 33.8 Å². The summed E-state index contributed by atoms with van der Waals surface area (Å²) in [5, 5.41) is 28.7. The molecule has 36 heavy (non-hydrogen) atoms. The lowest BCUT2D eigenvalue weighted by molar-refractivity contribution is -0.0511. The Morgan fingerprint density at radius 1 is 0.917 bits per heavy atom. The van der Waals surface area contributed by atoms with Crippen LogP contribution in [0.25, 0.3) is 11.2 Å². The summed E-state index contributed by atoms with van der Waals surface area (Å²) in [6.07, 6.45) is -1.42. The quantitative estimate of drug-likeness (QED) is 0.264. The van der Waals surface area contributed by atoms with E-state index in [4.69, 9.17) is 19.7 Å². The van der Waals surface area contributed by atoms with E-state index in [1.807, 2.05) is 55.4 Å². The van der Waals surface area contributed by atoms with Crippen LogP contribution in [0.2, 0.25) is 22.2 Å². The number of rotatable bonds is 8. The van der Waals surface area contributed by atoms with E-state index in [2.05, 4.69) is 15.0 Å². The van der Waals surface area contributed by atoms with Gasteiger partial charge in [-0.3, -0.25) is 4.57 Å². The van der Waals surface area contributed by atoms with Crippen molar-refractivity contribution >= 4 is 34.1 Å². The van der Waals surface area contributed by atoms with Crippen LogP contribution in [0, 0.1) is 0 Å². The molecule has 1 fully saturated rings. The first-order valence-electron chi connectivity index (χ1n) is 12.3. The molecule has 0 bridgehead atoms. The first kappa shape index (κ1) is 30.7. The Bertz CT molecular complexity index is 951. The summed E-state index contributed by atoms with van der Waals surface area (Å²) in [4.78, 5) is 33.5. The van der Waals surface area contributed by atoms with Crippen molar-refractivity contribution in [1.29, 1.82) is 0 Å². The van der Waals surface area contributed by atoms with E-state index >= 15 is 0 Å². The van der Waals surface area contributed by atoms with Gasteiger partial charge in [0.25, 0.3) is 0 Å². The number of nitrogens with two attached hydrogens (primary N) is 1. The Hall–Kier alpha value is -1.50. The normalized spacial score (nSPS) is 23.2. The molecule has 206 valence electrons. The molecule has 1 aliphatic rings. The average molecular weight is 546 g/mol. The molecule has 12 nitrogen and oxygen atoms in total. The summed E-state index contributed by atoms with van der Waals surface area (Å²) in [5.74, 6) is 0.218. The van der Waals surface area contributed by atoms with Crippen LogP contribution in [-0.4, -0.2) is 86.5 Å². The molecule has 1 aliphatic heterocycles. The van der Waals surface area contributed by atoms with Crippen LogP contribution >= 0.6 is 0 Å². The Balaban J connectivity index is 0.000000256. The zero-order chi connectivity index (χ0) is 27.6. The van der Waals surface area contributed by atoms with Crippen molar-refractivity contribution in [1.82, 2.24) is 19.5 Å². The molecule has 0 amide bonds. The second-order valence-corrected chi connectivity index (χ2v) is 19.0. The minimum atomic E-state index is -2.85. The van der Waals surface area contributed by atoms with E-state index in [0.717, 1.165) is 0 Å². The number of hydrogen-bond donors (Lipinski definition) is 6. The van der Waals surface area contributed by atoms with E-state index in [-0.39, 0.29) is 28.0 Å². The molecule has 14 heteroatoms. The SMILES string of the molecule is CC(C)[Si](O)(O[Si](O)(C(C)C)C(C)C)C(C)C.Nc1ncnc2c1ncn2[C@@H]1O[C@H](CO)[C@@H](O)[C@H]1O. The van der Waals surface area contributed by atoms with E-state index in [1.54, 1.807) is 0 Å². The lowest BCUT2D eigenvalue weighted by Gasteiger charge is -2.42. The fourth-order valence-electron chi connectivity index (χ4n) is 4.23. The Morgan fingerprint density at radius 2 is 1.42 bits per heavy atom. The fraction of sp³-hybridized carbons (Fsp3) is 0.773. The van der Waals surface area contributed by atoms with Crippen molar-refractivity contribution in [3.8, 4) is 0 Å². The van der Waals surface area contributed by atoms with Gasteiger partial charge in [0.05, 0.1) is 12.9 Å². The maximum Gasteiger partial charge on any atom is 0.331 e. The highest BCUT2D eigenvalue weighted by Crippen LogP contribution is 2.39. The van der Waals surface area contributed by atoms with Gasteiger partial charge in [0, 0.05) is 0 Å². The number of imidazole rings is 1. The number of aliphatic hydroxyl groups is 3. The van der Waals surface area contributed by atoms with Gasteiger partial charge in [-0.25, -0.2) is 15.0 Å². The summed E-state index contributed by atoms with van der Waals surface area (Å²) in [7, 11) is -5.71. The highest BCUT2D eigenvalue weighted by molar-refractivity contribution is 6.82. The standard InChI is InChI=1S/C12H30O3Si2.C10H13N5O4/c1-9(2)16(13,10(3)4)15-17(14,11(5)6)12(7)8;11-8-5-9(13-2-12-8)15(3-14-5)10-7(18)6(17)4(1-16)19-10/h9-14H,1-8H3;2-4,6-7,10,16-18H,1H2,(H2,11,12,13)/t;4-,6-,7-,10-/m.1/s1. The highest BCUT2D eigenvalue weighted by Gasteiger charge is 2.52. The summed E-state index contributed by atoms with van der Waals surface area (Å²) < 4.78 is 12.9. The van der Waals surface area contributed by atoms with E-state index < -0.39 is 48.3 Å². The molecule has 3 rings (SSSR count). The monoisotopic (exact) mass is 545 g/mol. The number of nitrogen functional groups attached to an aromatic ring is 1. The topological polar surface area (TPSA) is 189 Å². The molecule has 0 aromatic carbocycles. The second kappa shape index (κ2) is 11.9. The van der Waals surface area contributed by atoms with Crippen molar-refractivity contribution in [2.75, 3.05) is 12.3 Å². The molecule has 1 saturated heterocycles. The van der Waals surface area contributed by atoms with E-state index in [1.165, 1.54) is 17.2 Å². The summed E-state index contributed by atoms with van der Waals surface area (Å²) >= 11 is 0. The van der Waals surface area contributed by atoms with Crippen LogP contribution in [0.15, 0.2) is 12.7 Å². The zero-order valence-electron chi connectivity index (χ0n) is 22.4. The number of hydrogen-bond acceptors (Lipinski definition) is 11. The van der Waals surface area contributed by atoms with Crippen LogP contribution in [0.5, 0.6) is 0 Å². The molecule has 3 heterocycles. The van der Waals surface area contributed by atoms with Gasteiger partial charge in [-0.15, -0.1) is 0 Å². The number of aliphatic hydroxyl groups excluding tert-OH is 3. The van der Waals surface area contributed by atoms with Crippen LogP contribution in [0.4, 0.5) is 5.82 Å². The molecule has 0 spiro atoms. The predicted octanol–water partition coefficient (Wildman–Crippen LogP) is 1.53. The largest absolute Gasteiger partial charge is 0.414 e. The number of anilines is 1. The predicted molar refractivity (Wildman–Crippen MR) is 140 cm³/mol. The summed E-state index contributed by atoms with van der Waals surface area (Å²) in [6, 6.07) is 0. The van der Waals surface area contributed by atoms with Crippen molar-refractivity contribution in [2.24, 2.45) is 0 Å². The third-order valence-electron chi connectivity index (χ3n) is 6.81. The number of fused-ring (bicyclic) bond motifs is 1. The number of aromatic nitrogens is 4. The Kier molecular flexibility index (Phi) is 10.2. The average Bonchev–Trinajstić information content (AvgIpc) is 3.35. The molecule has 7 N–H and O–H groups in total. The van der Waals surface area contributed by atoms with Crippen molar-refractivity contribution in [2.45, 2.75) is 102 Å². The maximum atomic E-state index is 10.8. The molecule has 0 unspecified atom stereocenters. The van der Waals surface area contributed by atoms with Gasteiger partial charge in [-0.05, 0) is 22.2 Å². The van der Waals surface area contributed by atoms with Gasteiger partial charge in [-0.2, -0.15) is 0 Å². The molecule has 0 saturated carbocycles. The molecule has 4 atom stereocenters. The van der Waals surface area contributed by atoms with E-state index in [9.17, 15) is 19.8 Å². The van der Waals surface area contributed by atoms with Crippen molar-refractivity contribution in [3.63, 3.8) is 0 Å². The first-order chi connectivity index (χ1) is 16.6. The van der Waals surface area contributed by atoms with Gasteiger partial charge >= 0.3 is 17.1 Å². The first-order valence-corrected chi connectivity index (χ1v) is 16.3. The highest BCUT2D eigenvalue weighted by atomic mass is 28.5. The summed E-state index contributed by atoms with van der Waals surface area (Å²) in [6.45, 7) is 15.5. The van der Waals surface area contributed by atoms with Crippen molar-refractivity contribution in [3.05, 3.63) is 12.7 Å². The van der Waals surface area contributed by atoms with Gasteiger partial charge in [0.15, 0.2) is 17.7 Å². The minimum absolute atomic E-state index is 0.0963. The molecule has 0 aliphatic carbocycles. The Labute approximate surface area is 214 Å². The number of nitrogens with zero attached hydrogens (tertiary/aromatic N) is 4. The second-order valence-electron chi connectivity index (χ2n) is 10.5. The summed E-state index contributed by atoms with van der Waals surface area (Å²) in [5.41, 5.74) is 6.83. The molecule has 2 aromatic heterocycles. The maximum absolute atomic E-state index is 10.8. The smallest absolute Gasteiger partial charge is 0.331 e. The molecule has 0 radical (unpaired) electrons. The lowest BCUT2D eigenvalue weighted by atomic mass is 10.1.